The van der Waals surface area contributed by atoms with Gasteiger partial charge < -0.3 is 19.5 Å². The predicted octanol–water partition coefficient (Wildman–Crippen LogP) is 1.83. The van der Waals surface area contributed by atoms with Gasteiger partial charge in [0.05, 0.1) is 19.8 Å². The lowest BCUT2D eigenvalue weighted by atomic mass is 10.2. The fourth-order valence-electron chi connectivity index (χ4n) is 1.24. The molecule has 0 heterocycles. The van der Waals surface area contributed by atoms with Gasteiger partial charge in [-0.1, -0.05) is 0 Å². The second-order valence-corrected chi connectivity index (χ2v) is 5.56. The van der Waals surface area contributed by atoms with Crippen LogP contribution in [0.2, 0.25) is 0 Å². The SMILES string of the molecule is CCOC(=O)[C@@H](N)C[C@H](F)P(=O)(OCC)OCC. The van der Waals surface area contributed by atoms with Crippen molar-refractivity contribution in [3.05, 3.63) is 0 Å². The van der Waals surface area contributed by atoms with E-state index in [9.17, 15) is 13.8 Å². The Bertz CT molecular complexity index is 292. The summed E-state index contributed by atoms with van der Waals surface area (Å²) in [6.45, 7) is 5.01. The van der Waals surface area contributed by atoms with E-state index in [0.29, 0.717) is 0 Å². The van der Waals surface area contributed by atoms with Crippen LogP contribution in [-0.4, -0.2) is 37.7 Å². The van der Waals surface area contributed by atoms with Crippen molar-refractivity contribution in [1.82, 2.24) is 0 Å². The van der Waals surface area contributed by atoms with Crippen LogP contribution in [0.1, 0.15) is 27.2 Å². The normalized spacial score (nSPS) is 15.2. The van der Waals surface area contributed by atoms with Gasteiger partial charge in [0.25, 0.3) is 0 Å². The first-order valence-corrected chi connectivity index (χ1v) is 7.47. The smallest absolute Gasteiger partial charge is 0.364 e. The maximum absolute atomic E-state index is 13.9. The summed E-state index contributed by atoms with van der Waals surface area (Å²) in [5.41, 5.74) is 5.45. The highest BCUT2D eigenvalue weighted by molar-refractivity contribution is 7.54. The highest BCUT2D eigenvalue weighted by Gasteiger charge is 2.38. The van der Waals surface area contributed by atoms with Gasteiger partial charge in [0.15, 0.2) is 0 Å². The van der Waals surface area contributed by atoms with Crippen LogP contribution in [0.25, 0.3) is 0 Å². The molecule has 0 aliphatic heterocycles. The van der Waals surface area contributed by atoms with Crippen LogP contribution in [0.3, 0.4) is 0 Å². The maximum Gasteiger partial charge on any atom is 0.364 e. The highest BCUT2D eigenvalue weighted by Crippen LogP contribution is 2.55. The molecule has 8 heteroatoms. The summed E-state index contributed by atoms with van der Waals surface area (Å²) in [5, 5.41) is 0. The van der Waals surface area contributed by atoms with Gasteiger partial charge in [0, 0.05) is 6.42 Å². The molecule has 0 fully saturated rings. The Hall–Kier alpha value is -0.490. The van der Waals surface area contributed by atoms with Gasteiger partial charge >= 0.3 is 13.6 Å². The molecule has 0 amide bonds. The Morgan fingerprint density at radius 1 is 1.22 bits per heavy atom. The number of hydrogen-bond acceptors (Lipinski definition) is 6. The zero-order chi connectivity index (χ0) is 14.2. The average Bonchev–Trinajstić information content (AvgIpc) is 2.29. The lowest BCUT2D eigenvalue weighted by molar-refractivity contribution is -0.145. The number of carbonyl (C=O) groups is 1. The average molecular weight is 285 g/mol. The first kappa shape index (κ1) is 17.5. The molecular formula is C10H21FNO5P. The third kappa shape index (κ3) is 5.44. The molecule has 0 unspecified atom stereocenters. The van der Waals surface area contributed by atoms with Crippen molar-refractivity contribution in [2.24, 2.45) is 5.73 Å². The number of esters is 1. The van der Waals surface area contributed by atoms with Crippen LogP contribution >= 0.6 is 7.60 Å². The van der Waals surface area contributed by atoms with Crippen molar-refractivity contribution in [3.63, 3.8) is 0 Å². The minimum absolute atomic E-state index is 0.0480. The molecule has 0 radical (unpaired) electrons. The molecule has 0 aliphatic rings. The fraction of sp³-hybridized carbons (Fsp3) is 0.900. The molecule has 0 bridgehead atoms. The van der Waals surface area contributed by atoms with E-state index in [1.54, 1.807) is 20.8 Å². The van der Waals surface area contributed by atoms with E-state index in [1.807, 2.05) is 0 Å². The van der Waals surface area contributed by atoms with Crippen LogP contribution in [0.5, 0.6) is 0 Å². The second-order valence-electron chi connectivity index (χ2n) is 3.40. The van der Waals surface area contributed by atoms with Crippen molar-refractivity contribution < 1.29 is 27.5 Å². The number of nitrogens with two attached hydrogens (primary N) is 1. The molecule has 0 aromatic carbocycles. The third-order valence-corrected chi connectivity index (χ3v) is 4.13. The largest absolute Gasteiger partial charge is 0.465 e. The number of halogens is 1. The number of rotatable bonds is 9. The lowest BCUT2D eigenvalue weighted by Gasteiger charge is -2.22. The summed E-state index contributed by atoms with van der Waals surface area (Å²) in [5.74, 6) is -2.68. The molecular weight excluding hydrogens is 264 g/mol. The van der Waals surface area contributed by atoms with Crippen LogP contribution in [0.15, 0.2) is 0 Å². The van der Waals surface area contributed by atoms with Gasteiger partial charge in [-0.15, -0.1) is 0 Å². The van der Waals surface area contributed by atoms with Crippen LogP contribution in [0, 0.1) is 0 Å². The van der Waals surface area contributed by atoms with E-state index in [1.165, 1.54) is 0 Å². The van der Waals surface area contributed by atoms with E-state index < -0.39 is 31.9 Å². The molecule has 108 valence electrons. The zero-order valence-electron chi connectivity index (χ0n) is 10.9. The van der Waals surface area contributed by atoms with Gasteiger partial charge in [0.2, 0.25) is 5.91 Å². The van der Waals surface area contributed by atoms with E-state index >= 15 is 0 Å². The molecule has 0 rings (SSSR count). The molecule has 2 N–H and O–H groups in total. The van der Waals surface area contributed by atoms with Gasteiger partial charge in [-0.25, -0.2) is 4.39 Å². The van der Waals surface area contributed by atoms with Crippen LogP contribution in [0.4, 0.5) is 4.39 Å². The molecule has 0 aromatic rings. The Morgan fingerprint density at radius 2 is 1.72 bits per heavy atom. The number of carbonyl (C=O) groups excluding carboxylic acids is 1. The minimum Gasteiger partial charge on any atom is -0.465 e. The van der Waals surface area contributed by atoms with Gasteiger partial charge in [0.1, 0.15) is 6.04 Å². The Balaban J connectivity index is 4.55. The number of alkyl halides is 1. The molecule has 6 nitrogen and oxygen atoms in total. The Morgan fingerprint density at radius 3 is 2.11 bits per heavy atom. The Labute approximate surface area is 106 Å². The van der Waals surface area contributed by atoms with E-state index in [2.05, 4.69) is 4.74 Å². The van der Waals surface area contributed by atoms with Crippen LogP contribution < -0.4 is 5.73 Å². The topological polar surface area (TPSA) is 87.9 Å². The van der Waals surface area contributed by atoms with E-state index in [-0.39, 0.29) is 19.8 Å². The lowest BCUT2D eigenvalue weighted by Crippen LogP contribution is -2.35. The summed E-state index contributed by atoms with van der Waals surface area (Å²) in [6.07, 6.45) is -0.462. The first-order chi connectivity index (χ1) is 8.41. The molecule has 0 aromatic heterocycles. The third-order valence-electron chi connectivity index (χ3n) is 2.00. The van der Waals surface area contributed by atoms with Crippen molar-refractivity contribution in [3.8, 4) is 0 Å². The quantitative estimate of drug-likeness (QED) is 0.513. The van der Waals surface area contributed by atoms with Crippen molar-refractivity contribution in [2.45, 2.75) is 39.1 Å². The maximum atomic E-state index is 13.9. The molecule has 0 saturated heterocycles. The minimum atomic E-state index is -3.88. The molecule has 0 aliphatic carbocycles. The van der Waals surface area contributed by atoms with Crippen molar-refractivity contribution in [2.75, 3.05) is 19.8 Å². The summed E-state index contributed by atoms with van der Waals surface area (Å²) in [7, 11) is -3.88. The van der Waals surface area contributed by atoms with Gasteiger partial charge in [-0.3, -0.25) is 9.36 Å². The number of ether oxygens (including phenoxy) is 1. The summed E-state index contributed by atoms with van der Waals surface area (Å²) in [4.78, 5) is 11.2. The molecule has 2 atom stereocenters. The highest BCUT2D eigenvalue weighted by atomic mass is 31.2. The van der Waals surface area contributed by atoms with E-state index in [0.717, 1.165) is 0 Å². The van der Waals surface area contributed by atoms with Crippen LogP contribution in [-0.2, 0) is 23.1 Å². The van der Waals surface area contributed by atoms with Gasteiger partial charge in [-0.05, 0) is 20.8 Å². The van der Waals surface area contributed by atoms with E-state index in [4.69, 9.17) is 14.8 Å². The fourth-order valence-corrected chi connectivity index (χ4v) is 2.85. The molecule has 18 heavy (non-hydrogen) atoms. The van der Waals surface area contributed by atoms with Crippen molar-refractivity contribution >= 4 is 13.6 Å². The van der Waals surface area contributed by atoms with Gasteiger partial charge in [-0.2, -0.15) is 0 Å². The monoisotopic (exact) mass is 285 g/mol. The second kappa shape index (κ2) is 8.58. The molecule has 0 spiro atoms. The summed E-state index contributed by atoms with van der Waals surface area (Å²) >= 11 is 0. The Kier molecular flexibility index (Phi) is 8.35. The van der Waals surface area contributed by atoms with Crippen molar-refractivity contribution in [1.29, 1.82) is 0 Å². The first-order valence-electron chi connectivity index (χ1n) is 5.86. The standard InChI is InChI=1S/C10H21FNO5P/c1-4-15-10(13)8(12)7-9(11)18(14,16-5-2)17-6-3/h8-9H,4-7,12H2,1-3H3/t8-,9+/m0/s1. The zero-order valence-corrected chi connectivity index (χ0v) is 11.8. The number of hydrogen-bond donors (Lipinski definition) is 1. The predicted molar refractivity (Wildman–Crippen MR) is 65.0 cm³/mol. The summed E-state index contributed by atoms with van der Waals surface area (Å²) < 4.78 is 40.2. The molecule has 0 saturated carbocycles. The summed E-state index contributed by atoms with van der Waals surface area (Å²) in [6, 6.07) is -1.19.